The van der Waals surface area contributed by atoms with Gasteiger partial charge in [-0.05, 0) is 5.46 Å². The van der Waals surface area contributed by atoms with Crippen LogP contribution >= 0.6 is 0 Å². The summed E-state index contributed by atoms with van der Waals surface area (Å²) in [6.07, 6.45) is 0. The Morgan fingerprint density at radius 2 is 1.10 bits per heavy atom. The van der Waals surface area contributed by atoms with Crippen molar-refractivity contribution in [1.29, 1.82) is 0 Å². The summed E-state index contributed by atoms with van der Waals surface area (Å²) in [4.78, 5) is 0. The fourth-order valence-electron chi connectivity index (χ4n) is 1.30. The lowest BCUT2D eigenvalue weighted by atomic mass is 9.81. The molecule has 0 atom stereocenters. The number of rotatable bonds is 1. The number of ether oxygens (including phenoxy) is 2. The molecule has 2 aromatic rings. The molecule has 4 nitrogen and oxygen atoms in total. The van der Waals surface area contributed by atoms with Crippen molar-refractivity contribution in [1.82, 2.24) is 0 Å². The molecule has 0 unspecified atom stereocenters. The fourth-order valence-corrected chi connectivity index (χ4v) is 1.30. The minimum Gasteiger partial charge on any atom is -0.423 e. The maximum absolute atomic E-state index is 8.58. The van der Waals surface area contributed by atoms with E-state index in [0.29, 0.717) is 12.3 Å². The Balaban J connectivity index is 0.000000158. The molecular formula is C15H19BO4. The van der Waals surface area contributed by atoms with Gasteiger partial charge in [-0.1, -0.05) is 66.7 Å². The average molecular weight is 274 g/mol. The van der Waals surface area contributed by atoms with Crippen LogP contribution in [0.4, 0.5) is 0 Å². The zero-order valence-corrected chi connectivity index (χ0v) is 11.3. The standard InChI is InChI=1S/C6H7BO2.C6H6.C3H6O2/c8-7(9)6-4-2-1-3-5-6;1-2-4-6-5-3-1;1-2-5-3-4-1/h1-5,8-9H;1-6H;1-3H2. The summed E-state index contributed by atoms with van der Waals surface area (Å²) in [5.41, 5.74) is 0.525. The van der Waals surface area contributed by atoms with Gasteiger partial charge in [0.1, 0.15) is 6.79 Å². The summed E-state index contributed by atoms with van der Waals surface area (Å²) in [7, 11) is -1.34. The first kappa shape index (κ1) is 16.4. The molecule has 0 saturated carbocycles. The highest BCUT2D eigenvalue weighted by Crippen LogP contribution is 1.86. The maximum atomic E-state index is 8.58. The molecule has 1 aliphatic heterocycles. The van der Waals surface area contributed by atoms with E-state index in [9.17, 15) is 0 Å². The van der Waals surface area contributed by atoms with Crippen LogP contribution in [0.5, 0.6) is 0 Å². The third-order valence-electron chi connectivity index (χ3n) is 2.30. The summed E-state index contributed by atoms with van der Waals surface area (Å²) >= 11 is 0. The van der Waals surface area contributed by atoms with Crippen LogP contribution in [0.15, 0.2) is 66.7 Å². The Labute approximate surface area is 119 Å². The molecular weight excluding hydrogens is 255 g/mol. The number of hydrogen-bond donors (Lipinski definition) is 2. The Bertz CT molecular complexity index is 384. The van der Waals surface area contributed by atoms with Gasteiger partial charge in [0.2, 0.25) is 0 Å². The van der Waals surface area contributed by atoms with Crippen molar-refractivity contribution in [3.05, 3.63) is 66.7 Å². The summed E-state index contributed by atoms with van der Waals surface area (Å²) < 4.78 is 9.44. The van der Waals surface area contributed by atoms with E-state index in [-0.39, 0.29) is 0 Å². The van der Waals surface area contributed by atoms with Crippen LogP contribution in [0.2, 0.25) is 0 Å². The lowest BCUT2D eigenvalue weighted by Gasteiger charge is -1.94. The van der Waals surface area contributed by atoms with Crippen molar-refractivity contribution in [2.24, 2.45) is 0 Å². The van der Waals surface area contributed by atoms with Gasteiger partial charge in [0.05, 0.1) is 13.2 Å². The SMILES string of the molecule is C1COCO1.OB(O)c1ccccc1.c1ccccc1. The first-order valence-corrected chi connectivity index (χ1v) is 6.37. The van der Waals surface area contributed by atoms with Crippen molar-refractivity contribution in [3.63, 3.8) is 0 Å². The predicted octanol–water partition coefficient (Wildman–Crippen LogP) is 1.04. The van der Waals surface area contributed by atoms with Gasteiger partial charge >= 0.3 is 7.12 Å². The van der Waals surface area contributed by atoms with E-state index in [0.717, 1.165) is 13.2 Å². The smallest absolute Gasteiger partial charge is 0.423 e. The Kier molecular flexibility index (Phi) is 9.18. The van der Waals surface area contributed by atoms with Crippen LogP contribution in [-0.2, 0) is 9.47 Å². The van der Waals surface area contributed by atoms with Crippen molar-refractivity contribution in [2.45, 2.75) is 0 Å². The molecule has 106 valence electrons. The molecule has 1 aliphatic rings. The van der Waals surface area contributed by atoms with Crippen LogP contribution in [0.3, 0.4) is 0 Å². The second kappa shape index (κ2) is 11.2. The van der Waals surface area contributed by atoms with Gasteiger partial charge in [-0.15, -0.1) is 0 Å². The molecule has 1 fully saturated rings. The molecule has 2 aromatic carbocycles. The van der Waals surface area contributed by atoms with Gasteiger partial charge in [0.15, 0.2) is 0 Å². The summed E-state index contributed by atoms with van der Waals surface area (Å²) in [5, 5.41) is 17.2. The zero-order chi connectivity index (χ0) is 14.5. The van der Waals surface area contributed by atoms with Crippen LogP contribution in [-0.4, -0.2) is 37.2 Å². The minimum atomic E-state index is -1.34. The fraction of sp³-hybridized carbons (Fsp3) is 0.200. The molecule has 5 heteroatoms. The molecule has 0 radical (unpaired) electrons. The van der Waals surface area contributed by atoms with Gasteiger partial charge in [0, 0.05) is 0 Å². The Morgan fingerprint density at radius 3 is 1.35 bits per heavy atom. The van der Waals surface area contributed by atoms with E-state index in [4.69, 9.17) is 19.5 Å². The van der Waals surface area contributed by atoms with Gasteiger partial charge in [0.25, 0.3) is 0 Å². The Hall–Kier alpha value is -1.66. The zero-order valence-electron chi connectivity index (χ0n) is 11.3. The van der Waals surface area contributed by atoms with Gasteiger partial charge in [-0.3, -0.25) is 0 Å². The molecule has 3 rings (SSSR count). The third kappa shape index (κ3) is 8.45. The van der Waals surface area contributed by atoms with Gasteiger partial charge in [-0.2, -0.15) is 0 Å². The summed E-state index contributed by atoms with van der Waals surface area (Å²) in [5.74, 6) is 0. The van der Waals surface area contributed by atoms with E-state index < -0.39 is 7.12 Å². The predicted molar refractivity (Wildman–Crippen MR) is 79.5 cm³/mol. The largest absolute Gasteiger partial charge is 0.488 e. The normalized spacial score (nSPS) is 12.5. The highest BCUT2D eigenvalue weighted by molar-refractivity contribution is 6.58. The lowest BCUT2D eigenvalue weighted by Crippen LogP contribution is -2.29. The molecule has 20 heavy (non-hydrogen) atoms. The second-order valence-electron chi connectivity index (χ2n) is 3.87. The minimum absolute atomic E-state index is 0.500. The van der Waals surface area contributed by atoms with Crippen molar-refractivity contribution in [2.75, 3.05) is 20.0 Å². The van der Waals surface area contributed by atoms with Crippen LogP contribution in [0.25, 0.3) is 0 Å². The van der Waals surface area contributed by atoms with E-state index in [2.05, 4.69) is 0 Å². The van der Waals surface area contributed by atoms with E-state index in [1.165, 1.54) is 0 Å². The molecule has 1 saturated heterocycles. The molecule has 0 spiro atoms. The topological polar surface area (TPSA) is 58.9 Å². The van der Waals surface area contributed by atoms with Crippen molar-refractivity contribution < 1.29 is 19.5 Å². The third-order valence-corrected chi connectivity index (χ3v) is 2.30. The average Bonchev–Trinajstić information content (AvgIpc) is 3.10. The van der Waals surface area contributed by atoms with Crippen molar-refractivity contribution >= 4 is 12.6 Å². The van der Waals surface area contributed by atoms with Gasteiger partial charge in [-0.25, -0.2) is 0 Å². The first-order valence-electron chi connectivity index (χ1n) is 6.37. The highest BCUT2D eigenvalue weighted by atomic mass is 16.7. The van der Waals surface area contributed by atoms with E-state index in [1.54, 1.807) is 24.3 Å². The second-order valence-corrected chi connectivity index (χ2v) is 3.87. The molecule has 0 aliphatic carbocycles. The maximum Gasteiger partial charge on any atom is 0.488 e. The molecule has 1 heterocycles. The van der Waals surface area contributed by atoms with E-state index >= 15 is 0 Å². The van der Waals surface area contributed by atoms with Crippen LogP contribution in [0.1, 0.15) is 0 Å². The van der Waals surface area contributed by atoms with E-state index in [1.807, 2.05) is 42.5 Å². The molecule has 2 N–H and O–H groups in total. The highest BCUT2D eigenvalue weighted by Gasteiger charge is 2.07. The summed E-state index contributed by atoms with van der Waals surface area (Å²) in [6, 6.07) is 20.7. The Morgan fingerprint density at radius 1 is 0.700 bits per heavy atom. The van der Waals surface area contributed by atoms with Gasteiger partial charge < -0.3 is 19.5 Å². The monoisotopic (exact) mass is 274 g/mol. The molecule has 0 bridgehead atoms. The first-order chi connectivity index (χ1) is 9.80. The van der Waals surface area contributed by atoms with Crippen LogP contribution in [0, 0.1) is 0 Å². The van der Waals surface area contributed by atoms with Crippen LogP contribution < -0.4 is 5.46 Å². The van der Waals surface area contributed by atoms with Crippen molar-refractivity contribution in [3.8, 4) is 0 Å². The number of hydrogen-bond acceptors (Lipinski definition) is 4. The molecule has 0 amide bonds. The molecule has 0 aromatic heterocycles. The summed E-state index contributed by atoms with van der Waals surface area (Å²) in [6.45, 7) is 2.06. The quantitative estimate of drug-likeness (QED) is 0.763. The number of benzene rings is 2. The lowest BCUT2D eigenvalue weighted by molar-refractivity contribution is 0.0692.